The molecule has 0 unspecified atom stereocenters. The third-order valence-electron chi connectivity index (χ3n) is 8.54. The van der Waals surface area contributed by atoms with Crippen molar-refractivity contribution in [1.29, 1.82) is 0 Å². The lowest BCUT2D eigenvalue weighted by atomic mass is 9.84. The number of nitrogens with zero attached hydrogens (tertiary/aromatic N) is 1. The summed E-state index contributed by atoms with van der Waals surface area (Å²) in [5.74, 6) is 2.37. The third kappa shape index (κ3) is 14.1. The van der Waals surface area contributed by atoms with Crippen LogP contribution in [0.2, 0.25) is 0 Å². The van der Waals surface area contributed by atoms with Crippen molar-refractivity contribution in [3.05, 3.63) is 11.3 Å². The second kappa shape index (κ2) is 20.5. The van der Waals surface area contributed by atoms with Gasteiger partial charge in [-0.25, -0.2) is 0 Å². The predicted molar refractivity (Wildman–Crippen MR) is 152 cm³/mol. The Kier molecular flexibility index (Phi) is 18.0. The first kappa shape index (κ1) is 30.7. The van der Waals surface area contributed by atoms with Crippen molar-refractivity contribution in [1.82, 2.24) is 4.90 Å². The molecule has 0 bridgehead atoms. The van der Waals surface area contributed by atoms with E-state index in [4.69, 9.17) is 4.74 Å². The summed E-state index contributed by atoms with van der Waals surface area (Å²) in [4.78, 5) is 2.49. The van der Waals surface area contributed by atoms with Crippen LogP contribution >= 0.6 is 0 Å². The van der Waals surface area contributed by atoms with Crippen LogP contribution in [-0.2, 0) is 4.74 Å². The van der Waals surface area contributed by atoms with Gasteiger partial charge in [-0.1, -0.05) is 84.5 Å². The Balaban J connectivity index is 1.54. The number of hydrogen-bond donors (Lipinski definition) is 1. The summed E-state index contributed by atoms with van der Waals surface area (Å²) in [5, 5.41) is 9.41. The Hall–Kier alpha value is -0.540. The van der Waals surface area contributed by atoms with E-state index in [0.717, 1.165) is 19.0 Å². The van der Waals surface area contributed by atoms with E-state index in [1.54, 1.807) is 5.57 Å². The molecule has 3 nitrogen and oxygen atoms in total. The molecule has 2 aliphatic rings. The molecule has 1 N–H and O–H groups in total. The third-order valence-corrected chi connectivity index (χ3v) is 8.54. The highest BCUT2D eigenvalue weighted by Gasteiger charge is 2.24. The number of ether oxygens (including phenoxy) is 1. The second-order valence-corrected chi connectivity index (χ2v) is 11.6. The summed E-state index contributed by atoms with van der Waals surface area (Å²) in [5.41, 5.74) is 1.65. The molecule has 0 aliphatic heterocycles. The first-order valence-corrected chi connectivity index (χ1v) is 16.0. The zero-order valence-corrected chi connectivity index (χ0v) is 23.8. The number of unbranched alkanes of at least 4 members (excludes halogenated alkanes) is 10. The first-order chi connectivity index (χ1) is 17.3. The summed E-state index contributed by atoms with van der Waals surface area (Å²) in [6.07, 6.45) is 29.9. The maximum absolute atomic E-state index is 9.41. The molecule has 3 heteroatoms. The molecule has 35 heavy (non-hydrogen) atoms. The molecule has 0 saturated heterocycles. The fraction of sp³-hybridized carbons (Fsp3) is 0.938. The zero-order chi connectivity index (χ0) is 25.0. The molecule has 0 atom stereocenters. The van der Waals surface area contributed by atoms with Crippen molar-refractivity contribution in [3.63, 3.8) is 0 Å². The highest BCUT2D eigenvalue weighted by molar-refractivity contribution is 5.15. The molecular formula is C32H61NO2. The van der Waals surface area contributed by atoms with Crippen molar-refractivity contribution in [3.8, 4) is 0 Å². The van der Waals surface area contributed by atoms with Gasteiger partial charge in [-0.2, -0.15) is 0 Å². The van der Waals surface area contributed by atoms with Crippen LogP contribution in [0.4, 0.5) is 0 Å². The van der Waals surface area contributed by atoms with E-state index >= 15 is 0 Å². The smallest absolute Gasteiger partial charge is 0.0982 e. The monoisotopic (exact) mass is 491 g/mol. The maximum atomic E-state index is 9.41. The molecule has 2 aliphatic carbocycles. The zero-order valence-electron chi connectivity index (χ0n) is 23.8. The molecule has 0 aromatic carbocycles. The van der Waals surface area contributed by atoms with Crippen molar-refractivity contribution in [2.24, 2.45) is 5.92 Å². The number of aliphatic hydroxyl groups is 1. The highest BCUT2D eigenvalue weighted by Crippen LogP contribution is 2.36. The van der Waals surface area contributed by atoms with Crippen molar-refractivity contribution in [2.75, 3.05) is 26.2 Å². The average molecular weight is 492 g/mol. The largest absolute Gasteiger partial charge is 0.495 e. The molecule has 0 spiro atoms. The van der Waals surface area contributed by atoms with Crippen molar-refractivity contribution >= 4 is 0 Å². The van der Waals surface area contributed by atoms with E-state index < -0.39 is 0 Å². The van der Waals surface area contributed by atoms with Crippen LogP contribution in [0.25, 0.3) is 0 Å². The number of aliphatic hydroxyl groups excluding tert-OH is 1. The maximum Gasteiger partial charge on any atom is 0.0982 e. The van der Waals surface area contributed by atoms with Crippen molar-refractivity contribution in [2.45, 2.75) is 161 Å². The van der Waals surface area contributed by atoms with E-state index in [2.05, 4.69) is 18.7 Å². The summed E-state index contributed by atoms with van der Waals surface area (Å²) < 4.78 is 6.65. The van der Waals surface area contributed by atoms with Gasteiger partial charge in [-0.3, -0.25) is 0 Å². The fourth-order valence-corrected chi connectivity index (χ4v) is 5.93. The van der Waals surface area contributed by atoms with Gasteiger partial charge >= 0.3 is 0 Å². The average Bonchev–Trinajstić information content (AvgIpc) is 2.83. The van der Waals surface area contributed by atoms with Gasteiger partial charge in [-0.05, 0) is 88.8 Å². The topological polar surface area (TPSA) is 32.7 Å². The van der Waals surface area contributed by atoms with Crippen molar-refractivity contribution < 1.29 is 9.84 Å². The van der Waals surface area contributed by atoms with E-state index in [9.17, 15) is 5.11 Å². The molecule has 0 radical (unpaired) electrons. The van der Waals surface area contributed by atoms with Gasteiger partial charge in [-0.15, -0.1) is 0 Å². The van der Waals surface area contributed by atoms with Crippen LogP contribution in [0.5, 0.6) is 0 Å². The quantitative estimate of drug-likeness (QED) is 0.121. The normalized spacial score (nSPS) is 20.3. The number of allylic oxidation sites excluding steroid dienone is 2. The van der Waals surface area contributed by atoms with Gasteiger partial charge in [0.1, 0.15) is 0 Å². The minimum atomic E-state index is 0.299. The lowest BCUT2D eigenvalue weighted by Crippen LogP contribution is -2.29. The van der Waals surface area contributed by atoms with Gasteiger partial charge < -0.3 is 14.7 Å². The van der Waals surface area contributed by atoms with Crippen LogP contribution in [0.3, 0.4) is 0 Å². The SMILES string of the molecule is CCCCCCCCN(CCO)CCCCCCCC(OC1CCC(CCCC)CC1)=C1CCC1. The van der Waals surface area contributed by atoms with Crippen LogP contribution in [0.15, 0.2) is 11.3 Å². The number of hydrogen-bond acceptors (Lipinski definition) is 3. The molecule has 0 heterocycles. The summed E-state index contributed by atoms with van der Waals surface area (Å²) in [7, 11) is 0. The molecule has 2 rings (SSSR count). The van der Waals surface area contributed by atoms with Gasteiger partial charge in [0.25, 0.3) is 0 Å². The van der Waals surface area contributed by atoms with Crippen LogP contribution in [-0.4, -0.2) is 42.4 Å². The molecular weight excluding hydrogens is 430 g/mol. The minimum Gasteiger partial charge on any atom is -0.495 e. The molecule has 206 valence electrons. The Morgan fingerprint density at radius 1 is 0.743 bits per heavy atom. The Morgan fingerprint density at radius 2 is 1.34 bits per heavy atom. The van der Waals surface area contributed by atoms with Crippen LogP contribution < -0.4 is 0 Å². The van der Waals surface area contributed by atoms with Gasteiger partial charge in [0.15, 0.2) is 0 Å². The van der Waals surface area contributed by atoms with Gasteiger partial charge in [0, 0.05) is 13.0 Å². The Bertz CT molecular complexity index is 518. The van der Waals surface area contributed by atoms with Crippen LogP contribution in [0, 0.1) is 5.92 Å². The predicted octanol–water partition coefficient (Wildman–Crippen LogP) is 9.19. The second-order valence-electron chi connectivity index (χ2n) is 11.6. The Labute approximate surface area is 219 Å². The number of rotatable bonds is 22. The molecule has 0 amide bonds. The lowest BCUT2D eigenvalue weighted by Gasteiger charge is -2.32. The fourth-order valence-electron chi connectivity index (χ4n) is 5.93. The van der Waals surface area contributed by atoms with E-state index in [-0.39, 0.29) is 0 Å². The summed E-state index contributed by atoms with van der Waals surface area (Å²) in [6.45, 7) is 8.07. The molecule has 2 fully saturated rings. The lowest BCUT2D eigenvalue weighted by molar-refractivity contribution is 0.0565. The van der Waals surface area contributed by atoms with Gasteiger partial charge in [0.05, 0.1) is 18.5 Å². The highest BCUT2D eigenvalue weighted by atomic mass is 16.5. The Morgan fingerprint density at radius 3 is 1.91 bits per heavy atom. The van der Waals surface area contributed by atoms with Gasteiger partial charge in [0.2, 0.25) is 0 Å². The molecule has 0 aromatic heterocycles. The standard InChI is InChI=1S/C32H61NO2/c1-3-5-7-8-11-14-25-33(27-28-34)26-15-12-9-10-13-20-32(30-18-16-19-30)35-31-23-21-29(22-24-31)17-6-4-2/h29,31,34H,3-28H2,1-2H3. The minimum absolute atomic E-state index is 0.299. The summed E-state index contributed by atoms with van der Waals surface area (Å²) in [6, 6.07) is 0. The van der Waals surface area contributed by atoms with Crippen LogP contribution in [0.1, 0.15) is 155 Å². The van der Waals surface area contributed by atoms with E-state index in [0.29, 0.717) is 12.7 Å². The van der Waals surface area contributed by atoms with E-state index in [1.807, 2.05) is 0 Å². The van der Waals surface area contributed by atoms with E-state index in [1.165, 1.54) is 154 Å². The molecule has 0 aromatic rings. The molecule has 2 saturated carbocycles. The first-order valence-electron chi connectivity index (χ1n) is 16.0. The summed E-state index contributed by atoms with van der Waals surface area (Å²) >= 11 is 0.